The van der Waals surface area contributed by atoms with Crippen molar-refractivity contribution in [2.45, 2.75) is 37.0 Å². The molecule has 0 saturated carbocycles. The third kappa shape index (κ3) is 2.35. The summed E-state index contributed by atoms with van der Waals surface area (Å²) in [5, 5.41) is 9.43. The predicted molar refractivity (Wildman–Crippen MR) is 65.6 cm³/mol. The van der Waals surface area contributed by atoms with E-state index >= 15 is 0 Å². The molecule has 1 aromatic rings. The van der Waals surface area contributed by atoms with Gasteiger partial charge in [0.15, 0.2) is 9.84 Å². The Bertz CT molecular complexity index is 512. The summed E-state index contributed by atoms with van der Waals surface area (Å²) in [6.07, 6.45) is 3.61. The van der Waals surface area contributed by atoms with Gasteiger partial charge < -0.3 is 5.11 Å². The lowest BCUT2D eigenvalue weighted by Gasteiger charge is -2.23. The third-order valence-corrected chi connectivity index (χ3v) is 5.20. The molecule has 0 aromatic carbocycles. The molecule has 4 nitrogen and oxygen atoms in total. The maximum Gasteiger partial charge on any atom is 0.152 e. The van der Waals surface area contributed by atoms with Gasteiger partial charge in [-0.25, -0.2) is 8.42 Å². The van der Waals surface area contributed by atoms with Crippen molar-refractivity contribution in [2.75, 3.05) is 6.26 Å². The Morgan fingerprint density at radius 3 is 2.88 bits per heavy atom. The van der Waals surface area contributed by atoms with Crippen LogP contribution in [-0.2, 0) is 16.3 Å². The molecule has 17 heavy (non-hydrogen) atoms. The van der Waals surface area contributed by atoms with E-state index in [2.05, 4.69) is 4.98 Å². The van der Waals surface area contributed by atoms with E-state index in [1.165, 1.54) is 0 Å². The Morgan fingerprint density at radius 2 is 2.24 bits per heavy atom. The Kier molecular flexibility index (Phi) is 3.23. The Morgan fingerprint density at radius 1 is 1.53 bits per heavy atom. The first-order valence-electron chi connectivity index (χ1n) is 5.72. The average Bonchev–Trinajstić information content (AvgIpc) is 2.69. The fourth-order valence-corrected chi connectivity index (χ4v) is 3.05. The molecule has 94 valence electrons. The van der Waals surface area contributed by atoms with E-state index in [9.17, 15) is 13.5 Å². The molecule has 0 spiro atoms. The van der Waals surface area contributed by atoms with Gasteiger partial charge in [-0.2, -0.15) is 0 Å². The van der Waals surface area contributed by atoms with Gasteiger partial charge in [0.05, 0.1) is 11.4 Å². The number of aromatic nitrogens is 1. The van der Waals surface area contributed by atoms with E-state index in [-0.39, 0.29) is 5.92 Å². The van der Waals surface area contributed by atoms with Crippen LogP contribution in [0.3, 0.4) is 0 Å². The number of nitrogens with zero attached hydrogens (tertiary/aromatic N) is 1. The number of hydrogen-bond donors (Lipinski definition) is 1. The zero-order valence-electron chi connectivity index (χ0n) is 10.00. The Hall–Kier alpha value is -0.940. The van der Waals surface area contributed by atoms with Crippen molar-refractivity contribution >= 4 is 9.84 Å². The second-order valence-electron chi connectivity index (χ2n) is 4.72. The van der Waals surface area contributed by atoms with Gasteiger partial charge in [-0.3, -0.25) is 4.98 Å². The van der Waals surface area contributed by atoms with Gasteiger partial charge in [0.2, 0.25) is 0 Å². The molecule has 0 bridgehead atoms. The van der Waals surface area contributed by atoms with E-state index in [1.54, 1.807) is 13.1 Å². The summed E-state index contributed by atoms with van der Waals surface area (Å²) in [4.78, 5) is 4.27. The fraction of sp³-hybridized carbons (Fsp3) is 0.583. The Labute approximate surface area is 102 Å². The SMILES string of the molecule is CC(C(O)C1CCc2cccnc21)S(C)(=O)=O. The monoisotopic (exact) mass is 255 g/mol. The molecular weight excluding hydrogens is 238 g/mol. The van der Waals surface area contributed by atoms with Crippen LogP contribution in [0.5, 0.6) is 0 Å². The molecule has 0 saturated heterocycles. The van der Waals surface area contributed by atoms with Crippen LogP contribution < -0.4 is 0 Å². The van der Waals surface area contributed by atoms with Crippen LogP contribution in [0.2, 0.25) is 0 Å². The molecular formula is C12H17NO3S. The minimum atomic E-state index is -3.22. The summed E-state index contributed by atoms with van der Waals surface area (Å²) in [5.41, 5.74) is 1.98. The number of aryl methyl sites for hydroxylation is 1. The quantitative estimate of drug-likeness (QED) is 0.871. The standard InChI is InChI=1S/C12H17NO3S/c1-8(17(2,15)16)12(14)10-6-5-9-4-3-7-13-11(9)10/h3-4,7-8,10,12,14H,5-6H2,1-2H3. The number of sulfone groups is 1. The van der Waals surface area contributed by atoms with Crippen LogP contribution >= 0.6 is 0 Å². The fourth-order valence-electron chi connectivity index (χ4n) is 2.36. The van der Waals surface area contributed by atoms with Crippen LogP contribution in [0.4, 0.5) is 0 Å². The minimum absolute atomic E-state index is 0.157. The van der Waals surface area contributed by atoms with Crippen molar-refractivity contribution in [3.8, 4) is 0 Å². The summed E-state index contributed by atoms with van der Waals surface area (Å²) in [6, 6.07) is 3.85. The zero-order chi connectivity index (χ0) is 12.6. The number of fused-ring (bicyclic) bond motifs is 1. The van der Waals surface area contributed by atoms with Crippen LogP contribution in [0, 0.1) is 0 Å². The number of aliphatic hydroxyl groups excluding tert-OH is 1. The summed E-state index contributed by atoms with van der Waals surface area (Å²) in [5.74, 6) is -0.157. The summed E-state index contributed by atoms with van der Waals surface area (Å²) in [7, 11) is -3.22. The highest BCUT2D eigenvalue weighted by Gasteiger charge is 2.36. The molecule has 2 rings (SSSR count). The lowest BCUT2D eigenvalue weighted by Crippen LogP contribution is -2.35. The zero-order valence-corrected chi connectivity index (χ0v) is 10.8. The van der Waals surface area contributed by atoms with Crippen molar-refractivity contribution in [1.82, 2.24) is 4.98 Å². The first kappa shape index (κ1) is 12.5. The van der Waals surface area contributed by atoms with Gasteiger partial charge in [0.1, 0.15) is 0 Å². The van der Waals surface area contributed by atoms with E-state index in [1.807, 2.05) is 12.1 Å². The molecule has 0 aliphatic heterocycles. The van der Waals surface area contributed by atoms with Crippen molar-refractivity contribution in [2.24, 2.45) is 0 Å². The van der Waals surface area contributed by atoms with Gasteiger partial charge in [0.25, 0.3) is 0 Å². The predicted octanol–water partition coefficient (Wildman–Crippen LogP) is 0.905. The second kappa shape index (κ2) is 4.38. The van der Waals surface area contributed by atoms with Gasteiger partial charge in [-0.05, 0) is 31.4 Å². The molecule has 1 heterocycles. The number of pyridine rings is 1. The molecule has 1 aliphatic rings. The second-order valence-corrected chi connectivity index (χ2v) is 7.12. The molecule has 3 atom stereocenters. The van der Waals surface area contributed by atoms with E-state index in [4.69, 9.17) is 0 Å². The smallest absolute Gasteiger partial charge is 0.152 e. The van der Waals surface area contributed by atoms with Crippen molar-refractivity contribution in [3.63, 3.8) is 0 Å². The largest absolute Gasteiger partial charge is 0.391 e. The number of rotatable bonds is 3. The highest BCUT2D eigenvalue weighted by Crippen LogP contribution is 2.35. The highest BCUT2D eigenvalue weighted by molar-refractivity contribution is 7.91. The van der Waals surface area contributed by atoms with Crippen LogP contribution in [-0.4, -0.2) is 36.1 Å². The normalized spacial score (nSPS) is 23.1. The first-order valence-corrected chi connectivity index (χ1v) is 7.67. The maximum absolute atomic E-state index is 11.5. The highest BCUT2D eigenvalue weighted by atomic mass is 32.2. The third-order valence-electron chi connectivity index (χ3n) is 3.57. The number of hydrogen-bond acceptors (Lipinski definition) is 4. The minimum Gasteiger partial charge on any atom is -0.391 e. The molecule has 3 unspecified atom stereocenters. The summed E-state index contributed by atoms with van der Waals surface area (Å²) >= 11 is 0. The van der Waals surface area contributed by atoms with Gasteiger partial charge >= 0.3 is 0 Å². The molecule has 1 aliphatic carbocycles. The van der Waals surface area contributed by atoms with Gasteiger partial charge in [0, 0.05) is 24.1 Å². The van der Waals surface area contributed by atoms with Gasteiger partial charge in [-0.15, -0.1) is 0 Å². The average molecular weight is 255 g/mol. The molecule has 0 amide bonds. The van der Waals surface area contributed by atoms with E-state index in [0.717, 1.165) is 30.4 Å². The topological polar surface area (TPSA) is 67.3 Å². The summed E-state index contributed by atoms with van der Waals surface area (Å²) in [6.45, 7) is 1.56. The van der Waals surface area contributed by atoms with Crippen LogP contribution in [0.25, 0.3) is 0 Å². The molecule has 1 N–H and O–H groups in total. The van der Waals surface area contributed by atoms with Crippen LogP contribution in [0.1, 0.15) is 30.5 Å². The van der Waals surface area contributed by atoms with Crippen molar-refractivity contribution in [1.29, 1.82) is 0 Å². The van der Waals surface area contributed by atoms with E-state index < -0.39 is 21.2 Å². The maximum atomic E-state index is 11.5. The number of aliphatic hydroxyl groups is 1. The van der Waals surface area contributed by atoms with Crippen LogP contribution in [0.15, 0.2) is 18.3 Å². The van der Waals surface area contributed by atoms with Crippen molar-refractivity contribution in [3.05, 3.63) is 29.6 Å². The summed E-state index contributed by atoms with van der Waals surface area (Å²) < 4.78 is 22.9. The first-order chi connectivity index (χ1) is 7.91. The van der Waals surface area contributed by atoms with E-state index in [0.29, 0.717) is 0 Å². The van der Waals surface area contributed by atoms with Gasteiger partial charge in [-0.1, -0.05) is 6.07 Å². The lowest BCUT2D eigenvalue weighted by molar-refractivity contribution is 0.140. The Balaban J connectivity index is 2.27. The molecule has 0 fully saturated rings. The molecule has 1 aromatic heterocycles. The van der Waals surface area contributed by atoms with Crippen molar-refractivity contribution < 1.29 is 13.5 Å². The molecule has 5 heteroatoms. The molecule has 0 radical (unpaired) electrons. The lowest BCUT2D eigenvalue weighted by atomic mass is 9.97.